The van der Waals surface area contributed by atoms with E-state index in [1.165, 1.54) is 7.85 Å². The summed E-state index contributed by atoms with van der Waals surface area (Å²) < 4.78 is 1.73. The Labute approximate surface area is 135 Å². The second-order valence-corrected chi connectivity index (χ2v) is 5.27. The molecule has 0 spiro atoms. The van der Waals surface area contributed by atoms with Crippen molar-refractivity contribution in [1.82, 2.24) is 19.7 Å². The summed E-state index contributed by atoms with van der Waals surface area (Å²) in [5, 5.41) is 7.52. The predicted molar refractivity (Wildman–Crippen MR) is 91.6 cm³/mol. The van der Waals surface area contributed by atoms with Crippen molar-refractivity contribution in [3.05, 3.63) is 54.1 Å². The minimum absolute atomic E-state index is 0.142. The van der Waals surface area contributed by atoms with Gasteiger partial charge in [0.1, 0.15) is 17.3 Å². The summed E-state index contributed by atoms with van der Waals surface area (Å²) in [4.78, 5) is 20.0. The van der Waals surface area contributed by atoms with Crippen molar-refractivity contribution >= 4 is 19.5 Å². The van der Waals surface area contributed by atoms with Gasteiger partial charge in [0.2, 0.25) is 7.85 Å². The Morgan fingerprint density at radius 1 is 1.13 bits per heavy atom. The fourth-order valence-electron chi connectivity index (χ4n) is 2.35. The molecule has 0 unspecified atom stereocenters. The molecular formula is C16H16BN5O. The van der Waals surface area contributed by atoms with Crippen LogP contribution in [0.5, 0.6) is 0 Å². The van der Waals surface area contributed by atoms with Crippen LogP contribution in [0.2, 0.25) is 0 Å². The van der Waals surface area contributed by atoms with E-state index in [-0.39, 0.29) is 5.81 Å². The first-order valence-corrected chi connectivity index (χ1v) is 7.28. The zero-order chi connectivity index (χ0) is 16.4. The van der Waals surface area contributed by atoms with Crippen LogP contribution in [-0.4, -0.2) is 33.4 Å². The number of nitrogens with one attached hydrogen (secondary N) is 1. The van der Waals surface area contributed by atoms with E-state index in [0.717, 1.165) is 22.5 Å². The molecule has 1 amide bonds. The first-order chi connectivity index (χ1) is 11.1. The molecule has 3 rings (SSSR count). The smallest absolute Gasteiger partial charge is 0.216 e. The highest BCUT2D eigenvalue weighted by Gasteiger charge is 2.18. The molecule has 1 aromatic carbocycles. The summed E-state index contributed by atoms with van der Waals surface area (Å²) in [5.41, 5.74) is 3.31. The number of rotatable bonds is 3. The number of nitrogens with zero attached hydrogens (tertiary/aromatic N) is 4. The second kappa shape index (κ2) is 6.04. The van der Waals surface area contributed by atoms with Gasteiger partial charge in [-0.15, -0.1) is 0 Å². The van der Waals surface area contributed by atoms with Gasteiger partial charge in [0, 0.05) is 23.5 Å². The number of anilines is 1. The first kappa shape index (κ1) is 15.0. The van der Waals surface area contributed by atoms with E-state index in [4.69, 9.17) is 0 Å². The fraction of sp³-hybridized carbons (Fsp3) is 0.125. The van der Waals surface area contributed by atoms with Crippen molar-refractivity contribution in [2.45, 2.75) is 13.8 Å². The van der Waals surface area contributed by atoms with Gasteiger partial charge in [-0.2, -0.15) is 5.10 Å². The maximum atomic E-state index is 11.6. The molecule has 0 bridgehead atoms. The van der Waals surface area contributed by atoms with Gasteiger partial charge in [0.05, 0.1) is 5.69 Å². The Balaban J connectivity index is 2.17. The van der Waals surface area contributed by atoms with E-state index in [9.17, 15) is 4.79 Å². The van der Waals surface area contributed by atoms with E-state index in [1.807, 2.05) is 44.2 Å². The third kappa shape index (κ3) is 2.99. The largest absolute Gasteiger partial charge is 0.320 e. The number of hydrogen-bond donors (Lipinski definition) is 1. The average Bonchev–Trinajstić information content (AvgIpc) is 2.86. The maximum Gasteiger partial charge on any atom is 0.216 e. The van der Waals surface area contributed by atoms with E-state index in [0.29, 0.717) is 11.6 Å². The summed E-state index contributed by atoms with van der Waals surface area (Å²) in [6.45, 7) is 3.76. The van der Waals surface area contributed by atoms with Gasteiger partial charge in [0.25, 0.3) is 0 Å². The third-order valence-electron chi connectivity index (χ3n) is 3.47. The lowest BCUT2D eigenvalue weighted by molar-refractivity contribution is 0.268. The van der Waals surface area contributed by atoms with Crippen LogP contribution in [0.3, 0.4) is 0 Å². The van der Waals surface area contributed by atoms with Crippen molar-refractivity contribution in [2.24, 2.45) is 0 Å². The molecule has 2 heterocycles. The van der Waals surface area contributed by atoms with E-state index in [1.54, 1.807) is 17.1 Å². The lowest BCUT2D eigenvalue weighted by Gasteiger charge is -2.08. The molecule has 0 atom stereocenters. The maximum absolute atomic E-state index is 11.6. The zero-order valence-electron chi connectivity index (χ0n) is 13.2. The topological polar surface area (TPSA) is 72.7 Å². The zero-order valence-corrected chi connectivity index (χ0v) is 13.2. The molecule has 114 valence electrons. The van der Waals surface area contributed by atoms with Crippen LogP contribution < -0.4 is 5.32 Å². The van der Waals surface area contributed by atoms with Gasteiger partial charge in [-0.3, -0.25) is 4.79 Å². The molecule has 7 heteroatoms. The number of carbonyl (C=O) groups is 1. The molecule has 0 aliphatic heterocycles. The van der Waals surface area contributed by atoms with Crippen molar-refractivity contribution in [3.8, 4) is 16.9 Å². The van der Waals surface area contributed by atoms with Gasteiger partial charge < -0.3 is 5.32 Å². The molecule has 1 N–H and O–H groups in total. The van der Waals surface area contributed by atoms with Gasteiger partial charge >= 0.3 is 0 Å². The molecule has 0 aliphatic carbocycles. The fourth-order valence-corrected chi connectivity index (χ4v) is 2.35. The summed E-state index contributed by atoms with van der Waals surface area (Å²) in [5.74, 6) is 1.21. The van der Waals surface area contributed by atoms with Crippen molar-refractivity contribution < 1.29 is 4.79 Å². The van der Waals surface area contributed by atoms with E-state index in [2.05, 4.69) is 20.4 Å². The van der Waals surface area contributed by atoms with Crippen LogP contribution >= 0.6 is 0 Å². The highest BCUT2D eigenvalue weighted by Crippen LogP contribution is 2.29. The van der Waals surface area contributed by atoms with Crippen molar-refractivity contribution in [3.63, 3.8) is 0 Å². The highest BCUT2D eigenvalue weighted by atomic mass is 16.1. The Kier molecular flexibility index (Phi) is 3.93. The average molecular weight is 305 g/mol. The SMILES string of the molecule is BC(=O)Nc1c(C)c(-c2cnc(C)nc2)nn1-c1ccccc1. The monoisotopic (exact) mass is 305 g/mol. The quantitative estimate of drug-likeness (QED) is 0.752. The lowest BCUT2D eigenvalue weighted by Crippen LogP contribution is -2.13. The van der Waals surface area contributed by atoms with Crippen LogP contribution in [0.25, 0.3) is 16.9 Å². The number of amides is 1. The Morgan fingerprint density at radius 2 is 1.78 bits per heavy atom. The molecule has 0 saturated carbocycles. The van der Waals surface area contributed by atoms with Crippen LogP contribution in [0.4, 0.5) is 10.6 Å². The Bertz CT molecular complexity index is 843. The predicted octanol–water partition coefficient (Wildman–Crippen LogP) is 2.11. The minimum Gasteiger partial charge on any atom is -0.320 e. The van der Waals surface area contributed by atoms with Gasteiger partial charge in [-0.05, 0) is 26.0 Å². The minimum atomic E-state index is -0.142. The summed E-state index contributed by atoms with van der Waals surface area (Å²) in [7, 11) is 1.48. The summed E-state index contributed by atoms with van der Waals surface area (Å²) >= 11 is 0. The Hall–Kier alpha value is -2.96. The molecule has 0 fully saturated rings. The summed E-state index contributed by atoms with van der Waals surface area (Å²) in [6.07, 6.45) is 3.48. The molecular weight excluding hydrogens is 289 g/mol. The number of aromatic nitrogens is 4. The van der Waals surface area contributed by atoms with Crippen LogP contribution in [-0.2, 0) is 0 Å². The number of para-hydroxylation sites is 1. The molecule has 23 heavy (non-hydrogen) atoms. The van der Waals surface area contributed by atoms with Crippen LogP contribution in [0.1, 0.15) is 11.4 Å². The van der Waals surface area contributed by atoms with Crippen LogP contribution in [0, 0.1) is 13.8 Å². The number of benzene rings is 1. The lowest BCUT2D eigenvalue weighted by atomic mass is 10.1. The van der Waals surface area contributed by atoms with E-state index >= 15 is 0 Å². The normalized spacial score (nSPS) is 10.5. The van der Waals surface area contributed by atoms with Crippen LogP contribution in [0.15, 0.2) is 42.7 Å². The number of aryl methyl sites for hydroxylation is 1. The second-order valence-electron chi connectivity index (χ2n) is 5.27. The highest BCUT2D eigenvalue weighted by molar-refractivity contribution is 6.60. The standard InChI is InChI=1S/C16H16BN5O/c1-10-14(12-8-18-11(2)19-9-12)21-22(15(10)20-16(17)23)13-6-4-3-5-7-13/h3-9H,17H2,1-2H3,(H,20,23). The van der Waals surface area contributed by atoms with Crippen molar-refractivity contribution in [1.29, 1.82) is 0 Å². The molecule has 6 nitrogen and oxygen atoms in total. The van der Waals surface area contributed by atoms with Gasteiger partial charge in [-0.25, -0.2) is 14.6 Å². The number of carbonyl (C=O) groups excluding carboxylic acids is 1. The summed E-state index contributed by atoms with van der Waals surface area (Å²) in [6, 6.07) is 9.67. The van der Waals surface area contributed by atoms with E-state index < -0.39 is 0 Å². The molecule has 0 aliphatic rings. The van der Waals surface area contributed by atoms with Gasteiger partial charge in [-0.1, -0.05) is 18.2 Å². The third-order valence-corrected chi connectivity index (χ3v) is 3.47. The molecule has 3 aromatic rings. The van der Waals surface area contributed by atoms with Gasteiger partial charge in [0.15, 0.2) is 5.81 Å². The first-order valence-electron chi connectivity index (χ1n) is 7.28. The molecule has 0 radical (unpaired) electrons. The van der Waals surface area contributed by atoms with Crippen molar-refractivity contribution in [2.75, 3.05) is 5.32 Å². The Morgan fingerprint density at radius 3 is 2.39 bits per heavy atom. The molecule has 0 saturated heterocycles. The number of hydrogen-bond acceptors (Lipinski definition) is 4. The molecule has 2 aromatic heterocycles.